The fourth-order valence-electron chi connectivity index (χ4n) is 1.76. The summed E-state index contributed by atoms with van der Waals surface area (Å²) >= 11 is 0. The number of anilines is 1. The Morgan fingerprint density at radius 3 is 2.67 bits per heavy atom. The highest BCUT2D eigenvalue weighted by Gasteiger charge is 2.16. The average molecular weight is 250 g/mol. The second kappa shape index (κ2) is 6.40. The van der Waals surface area contributed by atoms with Gasteiger partial charge < -0.3 is 15.8 Å². The van der Waals surface area contributed by atoms with Crippen molar-refractivity contribution in [1.82, 2.24) is 0 Å². The van der Waals surface area contributed by atoms with E-state index in [-0.39, 0.29) is 5.91 Å². The van der Waals surface area contributed by atoms with Gasteiger partial charge in [-0.15, -0.1) is 0 Å². The van der Waals surface area contributed by atoms with Crippen LogP contribution in [0.2, 0.25) is 0 Å². The number of aryl methyl sites for hydroxylation is 1. The van der Waals surface area contributed by atoms with E-state index in [0.29, 0.717) is 23.8 Å². The summed E-state index contributed by atoms with van der Waals surface area (Å²) in [5, 5.41) is 2.82. The molecule has 0 aromatic heterocycles. The van der Waals surface area contributed by atoms with Crippen molar-refractivity contribution in [2.75, 3.05) is 12.4 Å². The smallest absolute Gasteiger partial charge is 0.241 e. The molecule has 4 nitrogen and oxygen atoms in total. The largest absolute Gasteiger partial charge is 0.495 e. The van der Waals surface area contributed by atoms with Gasteiger partial charge in [-0.1, -0.05) is 19.9 Å². The number of carbonyl (C=O) groups is 1. The van der Waals surface area contributed by atoms with Crippen LogP contribution in [0, 0.1) is 12.8 Å². The number of benzene rings is 1. The summed E-state index contributed by atoms with van der Waals surface area (Å²) in [5.41, 5.74) is 7.57. The van der Waals surface area contributed by atoms with Crippen molar-refractivity contribution in [1.29, 1.82) is 0 Å². The predicted molar refractivity (Wildman–Crippen MR) is 73.8 cm³/mol. The van der Waals surface area contributed by atoms with E-state index in [2.05, 4.69) is 5.32 Å². The Hall–Kier alpha value is -1.55. The number of amides is 1. The number of rotatable bonds is 5. The molecule has 1 aromatic rings. The first-order valence-corrected chi connectivity index (χ1v) is 6.15. The van der Waals surface area contributed by atoms with Crippen molar-refractivity contribution < 1.29 is 9.53 Å². The topological polar surface area (TPSA) is 64.3 Å². The lowest BCUT2D eigenvalue weighted by molar-refractivity contribution is -0.117. The maximum absolute atomic E-state index is 11.9. The molecule has 1 amide bonds. The average Bonchev–Trinajstić information content (AvgIpc) is 2.28. The van der Waals surface area contributed by atoms with Crippen molar-refractivity contribution in [2.45, 2.75) is 33.2 Å². The normalized spacial score (nSPS) is 12.3. The predicted octanol–water partition coefficient (Wildman–Crippen LogP) is 2.32. The third-order valence-corrected chi connectivity index (χ3v) is 2.67. The molecular formula is C14H22N2O2. The van der Waals surface area contributed by atoms with Gasteiger partial charge in [0, 0.05) is 0 Å². The number of nitrogens with one attached hydrogen (secondary N) is 1. The molecule has 1 aromatic carbocycles. The molecule has 0 unspecified atom stereocenters. The van der Waals surface area contributed by atoms with E-state index in [1.54, 1.807) is 7.11 Å². The van der Waals surface area contributed by atoms with Crippen molar-refractivity contribution in [2.24, 2.45) is 11.7 Å². The minimum absolute atomic E-state index is 0.174. The van der Waals surface area contributed by atoms with Gasteiger partial charge in [-0.25, -0.2) is 0 Å². The van der Waals surface area contributed by atoms with Gasteiger partial charge in [-0.05, 0) is 37.0 Å². The lowest BCUT2D eigenvalue weighted by atomic mass is 10.0. The zero-order chi connectivity index (χ0) is 13.7. The summed E-state index contributed by atoms with van der Waals surface area (Å²) < 4.78 is 5.21. The zero-order valence-electron chi connectivity index (χ0n) is 11.5. The Kier molecular flexibility index (Phi) is 5.16. The molecule has 4 heteroatoms. The molecule has 0 bridgehead atoms. The molecule has 100 valence electrons. The van der Waals surface area contributed by atoms with Crippen LogP contribution >= 0.6 is 0 Å². The van der Waals surface area contributed by atoms with Crippen LogP contribution in [-0.2, 0) is 4.79 Å². The number of carbonyl (C=O) groups excluding carboxylic acids is 1. The highest BCUT2D eigenvalue weighted by Crippen LogP contribution is 2.25. The summed E-state index contributed by atoms with van der Waals surface area (Å²) in [7, 11) is 1.58. The van der Waals surface area contributed by atoms with Crippen LogP contribution in [0.1, 0.15) is 25.8 Å². The van der Waals surface area contributed by atoms with Crippen LogP contribution in [0.3, 0.4) is 0 Å². The van der Waals surface area contributed by atoms with Crippen molar-refractivity contribution in [3.63, 3.8) is 0 Å². The van der Waals surface area contributed by atoms with Gasteiger partial charge in [0.05, 0.1) is 18.8 Å². The Morgan fingerprint density at radius 2 is 2.11 bits per heavy atom. The highest BCUT2D eigenvalue weighted by molar-refractivity contribution is 5.96. The lowest BCUT2D eigenvalue weighted by Crippen LogP contribution is -2.36. The van der Waals surface area contributed by atoms with E-state index in [9.17, 15) is 4.79 Å². The Bertz CT molecular complexity index is 416. The van der Waals surface area contributed by atoms with Crippen molar-refractivity contribution in [3.8, 4) is 5.75 Å². The summed E-state index contributed by atoms with van der Waals surface area (Å²) in [6.45, 7) is 6.05. The van der Waals surface area contributed by atoms with Crippen LogP contribution in [0.15, 0.2) is 18.2 Å². The molecule has 18 heavy (non-hydrogen) atoms. The second-order valence-corrected chi connectivity index (χ2v) is 4.93. The van der Waals surface area contributed by atoms with E-state index in [1.165, 1.54) is 0 Å². The molecule has 0 radical (unpaired) electrons. The van der Waals surface area contributed by atoms with Gasteiger partial charge in [0.1, 0.15) is 5.75 Å². The number of methoxy groups -OCH3 is 1. The molecule has 0 aliphatic rings. The molecule has 0 fully saturated rings. The quantitative estimate of drug-likeness (QED) is 0.843. The lowest BCUT2D eigenvalue weighted by Gasteiger charge is -2.16. The first kappa shape index (κ1) is 14.5. The maximum Gasteiger partial charge on any atom is 0.241 e. The van der Waals surface area contributed by atoms with Gasteiger partial charge in [-0.2, -0.15) is 0 Å². The summed E-state index contributed by atoms with van der Waals surface area (Å²) in [6, 6.07) is 5.15. The molecule has 0 aliphatic heterocycles. The molecule has 1 atom stereocenters. The van der Waals surface area contributed by atoms with Gasteiger partial charge in [0.2, 0.25) is 5.91 Å². The summed E-state index contributed by atoms with van der Waals surface area (Å²) in [6.07, 6.45) is 0.667. The Balaban J connectivity index is 2.77. The standard InChI is InChI=1S/C14H22N2O2/c1-9(2)7-11(15)14(17)16-12-8-10(3)5-6-13(12)18-4/h5-6,8-9,11H,7,15H2,1-4H3,(H,16,17)/t11-/m0/s1. The highest BCUT2D eigenvalue weighted by atomic mass is 16.5. The van der Waals surface area contributed by atoms with Crippen LogP contribution < -0.4 is 15.8 Å². The second-order valence-electron chi connectivity index (χ2n) is 4.93. The molecule has 0 spiro atoms. The molecule has 3 N–H and O–H groups in total. The summed E-state index contributed by atoms with van der Waals surface area (Å²) in [4.78, 5) is 11.9. The fraction of sp³-hybridized carbons (Fsp3) is 0.500. The van der Waals surface area contributed by atoms with E-state index in [1.807, 2.05) is 39.0 Å². The molecule has 0 heterocycles. The first-order valence-electron chi connectivity index (χ1n) is 6.15. The van der Waals surface area contributed by atoms with Crippen LogP contribution in [0.5, 0.6) is 5.75 Å². The number of ether oxygens (including phenoxy) is 1. The van der Waals surface area contributed by atoms with Crippen LogP contribution in [0.4, 0.5) is 5.69 Å². The van der Waals surface area contributed by atoms with Gasteiger partial charge in [0.25, 0.3) is 0 Å². The van der Waals surface area contributed by atoms with Crippen molar-refractivity contribution in [3.05, 3.63) is 23.8 Å². The number of hydrogen-bond donors (Lipinski definition) is 2. The molecule has 0 saturated heterocycles. The van der Waals surface area contributed by atoms with Gasteiger partial charge in [0.15, 0.2) is 0 Å². The Morgan fingerprint density at radius 1 is 1.44 bits per heavy atom. The molecule has 1 rings (SSSR count). The first-order chi connectivity index (χ1) is 8.43. The van der Waals surface area contributed by atoms with E-state index < -0.39 is 6.04 Å². The summed E-state index contributed by atoms with van der Waals surface area (Å²) in [5.74, 6) is 0.864. The van der Waals surface area contributed by atoms with Crippen LogP contribution in [0.25, 0.3) is 0 Å². The van der Waals surface area contributed by atoms with Crippen LogP contribution in [-0.4, -0.2) is 19.1 Å². The van der Waals surface area contributed by atoms with E-state index >= 15 is 0 Å². The third kappa shape index (κ3) is 4.04. The zero-order valence-corrected chi connectivity index (χ0v) is 11.5. The minimum Gasteiger partial charge on any atom is -0.495 e. The molecule has 0 aliphatic carbocycles. The SMILES string of the molecule is COc1ccc(C)cc1NC(=O)[C@@H](N)CC(C)C. The van der Waals surface area contributed by atoms with Gasteiger partial charge in [-0.3, -0.25) is 4.79 Å². The fourth-order valence-corrected chi connectivity index (χ4v) is 1.76. The van der Waals surface area contributed by atoms with E-state index in [4.69, 9.17) is 10.5 Å². The Labute approximate surface area is 109 Å². The minimum atomic E-state index is -0.491. The third-order valence-electron chi connectivity index (χ3n) is 2.67. The number of hydrogen-bond acceptors (Lipinski definition) is 3. The van der Waals surface area contributed by atoms with E-state index in [0.717, 1.165) is 5.56 Å². The molecule has 0 saturated carbocycles. The molecular weight excluding hydrogens is 228 g/mol. The van der Waals surface area contributed by atoms with Gasteiger partial charge >= 0.3 is 0 Å². The van der Waals surface area contributed by atoms with Crippen molar-refractivity contribution >= 4 is 11.6 Å². The number of nitrogens with two attached hydrogens (primary N) is 1. The monoisotopic (exact) mass is 250 g/mol. The maximum atomic E-state index is 11.9.